The van der Waals surface area contributed by atoms with Crippen LogP contribution in [0.25, 0.3) is 0 Å². The standard InChI is InChI=1S/C16H16N2O5S/c1-2-22-11-5-3-10(4-6-11)16(21)23-9-13(19)18-15-12(14(17)20)7-8-24-15/h3-8H,2,9H2,1H3,(H2,17,20)(H,18,19). The van der Waals surface area contributed by atoms with E-state index in [0.717, 1.165) is 11.3 Å². The molecular weight excluding hydrogens is 332 g/mol. The topological polar surface area (TPSA) is 108 Å². The smallest absolute Gasteiger partial charge is 0.338 e. The fourth-order valence-corrected chi connectivity index (χ4v) is 2.64. The highest BCUT2D eigenvalue weighted by Gasteiger charge is 2.14. The number of thiophene rings is 1. The lowest BCUT2D eigenvalue weighted by atomic mass is 10.2. The van der Waals surface area contributed by atoms with Crippen LogP contribution in [-0.4, -0.2) is 31.0 Å². The Labute approximate surface area is 142 Å². The zero-order chi connectivity index (χ0) is 17.5. The summed E-state index contributed by atoms with van der Waals surface area (Å²) in [7, 11) is 0. The van der Waals surface area contributed by atoms with E-state index in [0.29, 0.717) is 22.9 Å². The van der Waals surface area contributed by atoms with Crippen molar-refractivity contribution < 1.29 is 23.9 Å². The van der Waals surface area contributed by atoms with Gasteiger partial charge in [-0.25, -0.2) is 4.79 Å². The number of carbonyl (C=O) groups excluding carboxylic acids is 3. The van der Waals surface area contributed by atoms with Crippen LogP contribution in [-0.2, 0) is 9.53 Å². The zero-order valence-corrected chi connectivity index (χ0v) is 13.7. The van der Waals surface area contributed by atoms with Crippen LogP contribution in [0, 0.1) is 0 Å². The fraction of sp³-hybridized carbons (Fsp3) is 0.188. The molecule has 2 rings (SSSR count). The van der Waals surface area contributed by atoms with Gasteiger partial charge in [-0.15, -0.1) is 11.3 Å². The Bertz CT molecular complexity index is 739. The molecule has 0 spiro atoms. The number of primary amides is 1. The Balaban J connectivity index is 1.87. The van der Waals surface area contributed by atoms with E-state index < -0.39 is 24.4 Å². The molecule has 0 saturated carbocycles. The number of nitrogens with one attached hydrogen (secondary N) is 1. The molecular formula is C16H16N2O5S. The Morgan fingerprint density at radius 2 is 1.88 bits per heavy atom. The molecule has 0 radical (unpaired) electrons. The molecule has 0 atom stereocenters. The van der Waals surface area contributed by atoms with E-state index >= 15 is 0 Å². The van der Waals surface area contributed by atoms with Crippen LogP contribution in [0.4, 0.5) is 5.00 Å². The molecule has 0 bridgehead atoms. The number of nitrogens with two attached hydrogens (primary N) is 1. The van der Waals surface area contributed by atoms with Crippen molar-refractivity contribution in [3.63, 3.8) is 0 Å². The lowest BCUT2D eigenvalue weighted by molar-refractivity contribution is -0.119. The van der Waals surface area contributed by atoms with Crippen molar-refractivity contribution >= 4 is 34.1 Å². The average Bonchev–Trinajstić information content (AvgIpc) is 3.02. The Hall–Kier alpha value is -2.87. The highest BCUT2D eigenvalue weighted by atomic mass is 32.1. The van der Waals surface area contributed by atoms with Crippen molar-refractivity contribution in [2.45, 2.75) is 6.92 Å². The third kappa shape index (κ3) is 4.56. The fourth-order valence-electron chi connectivity index (χ4n) is 1.83. The van der Waals surface area contributed by atoms with Crippen LogP contribution in [0.2, 0.25) is 0 Å². The van der Waals surface area contributed by atoms with E-state index in [1.54, 1.807) is 29.6 Å². The number of ether oxygens (including phenoxy) is 2. The van der Waals surface area contributed by atoms with Crippen LogP contribution >= 0.6 is 11.3 Å². The molecule has 24 heavy (non-hydrogen) atoms. The first-order valence-corrected chi connectivity index (χ1v) is 7.96. The minimum absolute atomic E-state index is 0.214. The van der Waals surface area contributed by atoms with Crippen LogP contribution < -0.4 is 15.8 Å². The maximum atomic E-state index is 11.9. The minimum Gasteiger partial charge on any atom is -0.494 e. The summed E-state index contributed by atoms with van der Waals surface area (Å²) < 4.78 is 10.2. The molecule has 8 heteroatoms. The second-order valence-electron chi connectivity index (χ2n) is 4.61. The number of esters is 1. The third-order valence-corrected chi connectivity index (χ3v) is 3.75. The average molecular weight is 348 g/mol. The first-order chi connectivity index (χ1) is 11.5. The summed E-state index contributed by atoms with van der Waals surface area (Å²) in [5, 5.41) is 4.44. The van der Waals surface area contributed by atoms with Gasteiger partial charge in [0.15, 0.2) is 6.61 Å². The molecule has 0 aliphatic rings. The van der Waals surface area contributed by atoms with Crippen LogP contribution in [0.1, 0.15) is 27.6 Å². The molecule has 1 aromatic carbocycles. The Kier molecular flexibility index (Phi) is 5.91. The van der Waals surface area contributed by atoms with E-state index in [4.69, 9.17) is 15.2 Å². The first-order valence-electron chi connectivity index (χ1n) is 7.08. The van der Waals surface area contributed by atoms with Gasteiger partial charge in [0.1, 0.15) is 10.8 Å². The van der Waals surface area contributed by atoms with Gasteiger partial charge in [-0.1, -0.05) is 0 Å². The lowest BCUT2D eigenvalue weighted by Crippen LogP contribution is -2.22. The molecule has 0 aliphatic carbocycles. The molecule has 126 valence electrons. The first kappa shape index (κ1) is 17.5. The quantitative estimate of drug-likeness (QED) is 0.745. The van der Waals surface area contributed by atoms with Gasteiger partial charge in [0.05, 0.1) is 17.7 Å². The van der Waals surface area contributed by atoms with Gasteiger partial charge in [-0.05, 0) is 42.6 Å². The van der Waals surface area contributed by atoms with E-state index in [1.807, 2.05) is 6.92 Å². The summed E-state index contributed by atoms with van der Waals surface area (Å²) >= 11 is 1.16. The SMILES string of the molecule is CCOc1ccc(C(=O)OCC(=O)Nc2sccc2C(N)=O)cc1. The van der Waals surface area contributed by atoms with Crippen molar-refractivity contribution in [3.8, 4) is 5.75 Å². The number of benzene rings is 1. The minimum atomic E-state index is -0.641. The zero-order valence-electron chi connectivity index (χ0n) is 12.9. The number of hydrogen-bond donors (Lipinski definition) is 2. The maximum absolute atomic E-state index is 11.9. The molecule has 2 aromatic rings. The number of amides is 2. The lowest BCUT2D eigenvalue weighted by Gasteiger charge is -2.07. The largest absolute Gasteiger partial charge is 0.494 e. The van der Waals surface area contributed by atoms with Gasteiger partial charge in [-0.3, -0.25) is 9.59 Å². The second kappa shape index (κ2) is 8.11. The van der Waals surface area contributed by atoms with Gasteiger partial charge >= 0.3 is 5.97 Å². The molecule has 3 N–H and O–H groups in total. The molecule has 7 nitrogen and oxygen atoms in total. The Morgan fingerprint density at radius 1 is 1.17 bits per heavy atom. The maximum Gasteiger partial charge on any atom is 0.338 e. The molecule has 1 aromatic heterocycles. The van der Waals surface area contributed by atoms with Crippen molar-refractivity contribution in [2.75, 3.05) is 18.5 Å². The molecule has 2 amide bonds. The van der Waals surface area contributed by atoms with Crippen LogP contribution in [0.5, 0.6) is 5.75 Å². The monoisotopic (exact) mass is 348 g/mol. The van der Waals surface area contributed by atoms with E-state index in [1.165, 1.54) is 6.07 Å². The van der Waals surface area contributed by atoms with Gasteiger partial charge < -0.3 is 20.5 Å². The molecule has 0 aliphatic heterocycles. The summed E-state index contributed by atoms with van der Waals surface area (Å²) in [5.41, 5.74) is 5.71. The number of carbonyl (C=O) groups is 3. The van der Waals surface area contributed by atoms with Gasteiger partial charge in [-0.2, -0.15) is 0 Å². The van der Waals surface area contributed by atoms with Crippen molar-refractivity contribution in [2.24, 2.45) is 5.73 Å². The second-order valence-corrected chi connectivity index (χ2v) is 5.53. The molecule has 1 heterocycles. The van der Waals surface area contributed by atoms with Gasteiger partial charge in [0.25, 0.3) is 11.8 Å². The van der Waals surface area contributed by atoms with Crippen molar-refractivity contribution in [3.05, 3.63) is 46.8 Å². The predicted molar refractivity (Wildman–Crippen MR) is 89.4 cm³/mol. The van der Waals surface area contributed by atoms with E-state index in [-0.39, 0.29) is 5.56 Å². The molecule has 0 unspecified atom stereocenters. The highest BCUT2D eigenvalue weighted by molar-refractivity contribution is 7.14. The van der Waals surface area contributed by atoms with Crippen molar-refractivity contribution in [1.29, 1.82) is 0 Å². The van der Waals surface area contributed by atoms with E-state index in [9.17, 15) is 14.4 Å². The number of hydrogen-bond acceptors (Lipinski definition) is 6. The number of anilines is 1. The third-order valence-electron chi connectivity index (χ3n) is 2.92. The van der Waals surface area contributed by atoms with Crippen molar-refractivity contribution in [1.82, 2.24) is 0 Å². The van der Waals surface area contributed by atoms with Gasteiger partial charge in [0, 0.05) is 0 Å². The summed E-state index contributed by atoms with van der Waals surface area (Å²) in [6, 6.07) is 7.90. The summed E-state index contributed by atoms with van der Waals surface area (Å²) in [5.74, 6) is -1.19. The van der Waals surface area contributed by atoms with Crippen LogP contribution in [0.3, 0.4) is 0 Å². The molecule has 0 saturated heterocycles. The summed E-state index contributed by atoms with van der Waals surface area (Å²) in [4.78, 5) is 34.9. The normalized spacial score (nSPS) is 10.0. The Morgan fingerprint density at radius 3 is 2.50 bits per heavy atom. The number of rotatable bonds is 7. The molecule has 0 fully saturated rings. The summed E-state index contributed by atoms with van der Waals surface area (Å²) in [6.45, 7) is 1.92. The van der Waals surface area contributed by atoms with Crippen LogP contribution in [0.15, 0.2) is 35.7 Å². The highest BCUT2D eigenvalue weighted by Crippen LogP contribution is 2.22. The predicted octanol–water partition coefficient (Wildman–Crippen LogP) is 2.04. The summed E-state index contributed by atoms with van der Waals surface area (Å²) in [6.07, 6.45) is 0. The van der Waals surface area contributed by atoms with Gasteiger partial charge in [0.2, 0.25) is 0 Å². The van der Waals surface area contributed by atoms with E-state index in [2.05, 4.69) is 5.32 Å².